The van der Waals surface area contributed by atoms with Crippen LogP contribution in [0.5, 0.6) is 0 Å². The van der Waals surface area contributed by atoms with Crippen LogP contribution in [0, 0.1) is 6.92 Å². The fraction of sp³-hybridized carbons (Fsp3) is 0.423. The third-order valence-corrected chi connectivity index (χ3v) is 5.45. The highest BCUT2D eigenvalue weighted by Gasteiger charge is 2.24. The van der Waals surface area contributed by atoms with Gasteiger partial charge in [-0.15, -0.1) is 0 Å². The number of unbranched alkanes of at least 4 members (excludes halogenated alkanes) is 1. The van der Waals surface area contributed by atoms with Crippen LogP contribution in [-0.2, 0) is 21.5 Å². The standard InChI is InChI=1S/C26H34N4O3/c1-6-7-14-25(32)29(17-20-12-10-15-33-20)18-24(31)27-23-16-22(26(3,4)5)28-30(23)21-13-9-8-11-19(21)2/h8-13,15-16H,6-7,14,17-18H2,1-5H3,(H,27,31). The molecule has 2 aromatic heterocycles. The number of aryl methyl sites for hydroxylation is 1. The molecule has 2 amide bonds. The van der Waals surface area contributed by atoms with Gasteiger partial charge in [-0.1, -0.05) is 52.3 Å². The Labute approximate surface area is 195 Å². The van der Waals surface area contributed by atoms with Crippen molar-refractivity contribution in [2.24, 2.45) is 0 Å². The molecular formula is C26H34N4O3. The third kappa shape index (κ3) is 6.34. The zero-order valence-electron chi connectivity index (χ0n) is 20.2. The SMILES string of the molecule is CCCCC(=O)N(CC(=O)Nc1cc(C(C)(C)C)nn1-c1ccccc1C)Cc1ccco1. The largest absolute Gasteiger partial charge is 0.467 e. The average Bonchev–Trinajstić information content (AvgIpc) is 3.42. The quantitative estimate of drug-likeness (QED) is 0.484. The highest BCUT2D eigenvalue weighted by atomic mass is 16.3. The number of carbonyl (C=O) groups is 2. The van der Waals surface area contributed by atoms with E-state index in [9.17, 15) is 9.59 Å². The van der Waals surface area contributed by atoms with Gasteiger partial charge in [0, 0.05) is 17.9 Å². The average molecular weight is 451 g/mol. The van der Waals surface area contributed by atoms with Crippen molar-refractivity contribution in [3.63, 3.8) is 0 Å². The topological polar surface area (TPSA) is 80.4 Å². The summed E-state index contributed by atoms with van der Waals surface area (Å²) in [7, 11) is 0. The zero-order valence-corrected chi connectivity index (χ0v) is 20.2. The number of furan rings is 1. The molecule has 0 aliphatic rings. The highest BCUT2D eigenvalue weighted by molar-refractivity contribution is 5.94. The van der Waals surface area contributed by atoms with Crippen molar-refractivity contribution >= 4 is 17.6 Å². The maximum atomic E-state index is 13.1. The second kappa shape index (κ2) is 10.5. The van der Waals surface area contributed by atoms with Crippen LogP contribution in [0.15, 0.2) is 53.1 Å². The number of carbonyl (C=O) groups excluding carboxylic acids is 2. The van der Waals surface area contributed by atoms with Gasteiger partial charge in [-0.05, 0) is 37.1 Å². The Hall–Kier alpha value is -3.35. The van der Waals surface area contributed by atoms with Crippen LogP contribution >= 0.6 is 0 Å². The van der Waals surface area contributed by atoms with Crippen LogP contribution in [0.4, 0.5) is 5.82 Å². The molecule has 7 heteroatoms. The normalized spacial score (nSPS) is 11.4. The Morgan fingerprint density at radius 1 is 1.15 bits per heavy atom. The lowest BCUT2D eigenvalue weighted by molar-refractivity contribution is -0.135. The molecule has 0 aliphatic heterocycles. The van der Waals surface area contributed by atoms with Gasteiger partial charge < -0.3 is 14.6 Å². The minimum Gasteiger partial charge on any atom is -0.467 e. The van der Waals surface area contributed by atoms with E-state index >= 15 is 0 Å². The molecule has 7 nitrogen and oxygen atoms in total. The number of hydrogen-bond acceptors (Lipinski definition) is 4. The lowest BCUT2D eigenvalue weighted by Gasteiger charge is -2.21. The number of nitrogens with one attached hydrogen (secondary N) is 1. The summed E-state index contributed by atoms with van der Waals surface area (Å²) in [6.07, 6.45) is 3.67. The third-order valence-electron chi connectivity index (χ3n) is 5.45. The van der Waals surface area contributed by atoms with Crippen molar-refractivity contribution in [3.8, 4) is 5.69 Å². The van der Waals surface area contributed by atoms with Gasteiger partial charge in [-0.3, -0.25) is 9.59 Å². The van der Waals surface area contributed by atoms with E-state index < -0.39 is 0 Å². The Bertz CT molecular complexity index is 1080. The van der Waals surface area contributed by atoms with E-state index in [-0.39, 0.29) is 30.3 Å². The molecule has 1 N–H and O–H groups in total. The van der Waals surface area contributed by atoms with Gasteiger partial charge in [0.15, 0.2) is 0 Å². The second-order valence-corrected chi connectivity index (χ2v) is 9.34. The van der Waals surface area contributed by atoms with Gasteiger partial charge in [0.1, 0.15) is 18.1 Å². The molecule has 0 unspecified atom stereocenters. The summed E-state index contributed by atoms with van der Waals surface area (Å²) < 4.78 is 7.18. The van der Waals surface area contributed by atoms with E-state index in [2.05, 4.69) is 26.1 Å². The van der Waals surface area contributed by atoms with Crippen LogP contribution < -0.4 is 5.32 Å². The number of anilines is 1. The number of hydrogen-bond donors (Lipinski definition) is 1. The molecule has 0 aliphatic carbocycles. The summed E-state index contributed by atoms with van der Waals surface area (Å²) in [6.45, 7) is 10.5. The van der Waals surface area contributed by atoms with Crippen molar-refractivity contribution in [1.29, 1.82) is 0 Å². The minimum atomic E-state index is -0.276. The minimum absolute atomic E-state index is 0.0624. The smallest absolute Gasteiger partial charge is 0.245 e. The molecular weight excluding hydrogens is 416 g/mol. The first kappa shape index (κ1) is 24.3. The fourth-order valence-electron chi connectivity index (χ4n) is 3.49. The summed E-state index contributed by atoms with van der Waals surface area (Å²) in [5.41, 5.74) is 2.63. The Kier molecular flexibility index (Phi) is 7.74. The lowest BCUT2D eigenvalue weighted by atomic mass is 9.92. The summed E-state index contributed by atoms with van der Waals surface area (Å²) in [6, 6.07) is 13.4. The van der Waals surface area contributed by atoms with Crippen LogP contribution in [0.1, 0.15) is 64.0 Å². The van der Waals surface area contributed by atoms with E-state index in [0.29, 0.717) is 18.0 Å². The first-order valence-corrected chi connectivity index (χ1v) is 11.5. The van der Waals surface area contributed by atoms with E-state index in [0.717, 1.165) is 29.8 Å². The number of benzene rings is 1. The van der Waals surface area contributed by atoms with Crippen LogP contribution in [0.25, 0.3) is 5.69 Å². The molecule has 0 atom stereocenters. The summed E-state index contributed by atoms with van der Waals surface area (Å²) >= 11 is 0. The molecule has 0 saturated carbocycles. The van der Waals surface area contributed by atoms with Crippen molar-refractivity contribution in [1.82, 2.24) is 14.7 Å². The monoisotopic (exact) mass is 450 g/mol. The number of rotatable bonds is 9. The van der Waals surface area contributed by atoms with Gasteiger partial charge in [0.2, 0.25) is 11.8 Å². The molecule has 2 heterocycles. The van der Waals surface area contributed by atoms with Crippen molar-refractivity contribution < 1.29 is 14.0 Å². The van der Waals surface area contributed by atoms with Gasteiger partial charge in [0.05, 0.1) is 24.2 Å². The number of amides is 2. The first-order chi connectivity index (χ1) is 15.7. The van der Waals surface area contributed by atoms with E-state index in [1.54, 1.807) is 28.0 Å². The fourth-order valence-corrected chi connectivity index (χ4v) is 3.49. The van der Waals surface area contributed by atoms with Gasteiger partial charge in [0.25, 0.3) is 0 Å². The van der Waals surface area contributed by atoms with Crippen LogP contribution in [0.3, 0.4) is 0 Å². The van der Waals surface area contributed by atoms with E-state index in [4.69, 9.17) is 9.52 Å². The molecule has 0 fully saturated rings. The number of para-hydroxylation sites is 1. The molecule has 1 aromatic carbocycles. The predicted molar refractivity (Wildman–Crippen MR) is 129 cm³/mol. The highest BCUT2D eigenvalue weighted by Crippen LogP contribution is 2.27. The summed E-state index contributed by atoms with van der Waals surface area (Å²) in [4.78, 5) is 27.4. The van der Waals surface area contributed by atoms with Crippen LogP contribution in [0.2, 0.25) is 0 Å². The van der Waals surface area contributed by atoms with Crippen LogP contribution in [-0.4, -0.2) is 33.0 Å². The summed E-state index contributed by atoms with van der Waals surface area (Å²) in [5, 5.41) is 7.77. The second-order valence-electron chi connectivity index (χ2n) is 9.34. The van der Waals surface area contributed by atoms with E-state index in [1.165, 1.54) is 0 Å². The van der Waals surface area contributed by atoms with E-state index in [1.807, 2.05) is 44.2 Å². The lowest BCUT2D eigenvalue weighted by Crippen LogP contribution is -2.37. The molecule has 0 radical (unpaired) electrons. The molecule has 176 valence electrons. The van der Waals surface area contributed by atoms with Gasteiger partial charge in [-0.25, -0.2) is 4.68 Å². The number of nitrogens with zero attached hydrogens (tertiary/aromatic N) is 3. The summed E-state index contributed by atoms with van der Waals surface area (Å²) in [5.74, 6) is 0.888. The Morgan fingerprint density at radius 2 is 1.91 bits per heavy atom. The van der Waals surface area contributed by atoms with Crippen molar-refractivity contribution in [3.05, 3.63) is 65.7 Å². The molecule has 33 heavy (non-hydrogen) atoms. The van der Waals surface area contributed by atoms with Crippen molar-refractivity contribution in [2.45, 2.75) is 65.8 Å². The molecule has 0 bridgehead atoms. The molecule has 0 spiro atoms. The predicted octanol–water partition coefficient (Wildman–Crippen LogP) is 5.23. The van der Waals surface area contributed by atoms with Crippen molar-refractivity contribution in [2.75, 3.05) is 11.9 Å². The Morgan fingerprint density at radius 3 is 2.55 bits per heavy atom. The van der Waals surface area contributed by atoms with Gasteiger partial charge >= 0.3 is 0 Å². The Balaban J connectivity index is 1.84. The molecule has 3 aromatic rings. The molecule has 3 rings (SSSR count). The first-order valence-electron chi connectivity index (χ1n) is 11.5. The zero-order chi connectivity index (χ0) is 24.0. The maximum absolute atomic E-state index is 13.1. The van der Waals surface area contributed by atoms with Gasteiger partial charge in [-0.2, -0.15) is 5.10 Å². The molecule has 0 saturated heterocycles. The maximum Gasteiger partial charge on any atom is 0.245 e. The number of aromatic nitrogens is 2.